The third-order valence-electron chi connectivity index (χ3n) is 4.57. The quantitative estimate of drug-likeness (QED) is 0.429. The maximum absolute atomic E-state index is 13.7. The Hall–Kier alpha value is -3.95. The van der Waals surface area contributed by atoms with Gasteiger partial charge in [0.05, 0.1) is 26.3 Å². The number of ether oxygens (including phenoxy) is 2. The van der Waals surface area contributed by atoms with Crippen LogP contribution in [-0.2, 0) is 25.6 Å². The van der Waals surface area contributed by atoms with Gasteiger partial charge in [0, 0.05) is 24.1 Å². The molecule has 0 fully saturated rings. The van der Waals surface area contributed by atoms with Gasteiger partial charge in [-0.05, 0) is 32.9 Å². The van der Waals surface area contributed by atoms with Gasteiger partial charge in [0.2, 0.25) is 0 Å². The lowest BCUT2D eigenvalue weighted by Gasteiger charge is -2.06. The topological polar surface area (TPSA) is 117 Å². The zero-order valence-corrected chi connectivity index (χ0v) is 19.5. The highest BCUT2D eigenvalue weighted by atomic mass is 19.1. The van der Waals surface area contributed by atoms with Gasteiger partial charge in [-0.3, -0.25) is 19.3 Å². The third kappa shape index (κ3) is 7.03. The van der Waals surface area contributed by atoms with E-state index in [9.17, 15) is 23.6 Å². The number of hydrogen-bond donors (Lipinski definition) is 0. The van der Waals surface area contributed by atoms with Crippen LogP contribution in [0.15, 0.2) is 47.0 Å². The second-order valence-electron chi connectivity index (χ2n) is 7.09. The van der Waals surface area contributed by atoms with E-state index in [1.807, 2.05) is 0 Å². The maximum Gasteiger partial charge on any atom is 0.358 e. The number of benzene rings is 1. The number of hydrogen-bond acceptors (Lipinski definition) is 8. The van der Waals surface area contributed by atoms with Crippen molar-refractivity contribution in [2.45, 2.75) is 34.2 Å². The van der Waals surface area contributed by atoms with Crippen molar-refractivity contribution in [1.82, 2.24) is 9.78 Å². The van der Waals surface area contributed by atoms with E-state index in [1.165, 1.54) is 36.7 Å². The van der Waals surface area contributed by atoms with Crippen LogP contribution >= 0.6 is 0 Å². The number of nitrogens with zero attached hydrogens (tertiary/aromatic N) is 3. The molecular weight excluding hydrogens is 445 g/mol. The van der Waals surface area contributed by atoms with Gasteiger partial charge in [-0.25, -0.2) is 14.0 Å². The number of ketones is 2. The molecule has 0 atom stereocenters. The van der Waals surface area contributed by atoms with Crippen LogP contribution in [0.1, 0.15) is 54.2 Å². The van der Waals surface area contributed by atoms with Gasteiger partial charge in [-0.1, -0.05) is 18.2 Å². The molecular formula is C24H26FN3O6. The predicted molar refractivity (Wildman–Crippen MR) is 121 cm³/mol. The highest BCUT2D eigenvalue weighted by Crippen LogP contribution is 2.13. The van der Waals surface area contributed by atoms with E-state index in [1.54, 1.807) is 32.0 Å². The zero-order chi connectivity index (χ0) is 25.3. The lowest BCUT2D eigenvalue weighted by molar-refractivity contribution is -0.134. The van der Waals surface area contributed by atoms with Gasteiger partial charge in [0.15, 0.2) is 17.3 Å². The third-order valence-corrected chi connectivity index (χ3v) is 4.57. The fourth-order valence-electron chi connectivity index (χ4n) is 2.88. The molecule has 2 aromatic rings. The summed E-state index contributed by atoms with van der Waals surface area (Å²) in [5, 5.41) is 4.04. The van der Waals surface area contributed by atoms with Crippen LogP contribution in [0, 0.1) is 5.82 Å². The minimum absolute atomic E-state index is 0.0402. The fraction of sp³-hybridized carbons (Fsp3) is 0.333. The Balaban J connectivity index is 0.000000270. The van der Waals surface area contributed by atoms with Crippen LogP contribution in [0.3, 0.4) is 0 Å². The average Bonchev–Trinajstić information content (AvgIpc) is 3.44. The van der Waals surface area contributed by atoms with E-state index >= 15 is 0 Å². The average molecular weight is 471 g/mol. The second-order valence-corrected chi connectivity index (χ2v) is 7.09. The van der Waals surface area contributed by atoms with Crippen LogP contribution in [0.4, 0.5) is 4.39 Å². The van der Waals surface area contributed by atoms with E-state index in [2.05, 4.69) is 10.1 Å². The molecule has 180 valence electrons. The summed E-state index contributed by atoms with van der Waals surface area (Å²) in [6.07, 6.45) is 1.49. The number of rotatable bonds is 8. The lowest BCUT2D eigenvalue weighted by atomic mass is 10.2. The maximum atomic E-state index is 13.7. The standard InChI is InChI=1S/C15H15FN2O3.C9H11NO3/c1-3-21-15(20)13-8-14(10(2)19)18(17-13)9-11-6-4-5-7-12(11)16;1-3-13-9(12)8-4-7(5-10-8)6(2)11/h4-8H,3,9H2,1-2H3;4H,3,5H2,1-2H3. The van der Waals surface area contributed by atoms with Gasteiger partial charge in [-0.15, -0.1) is 0 Å². The number of aliphatic imine (C=N–C) groups is 1. The number of carbonyl (C=O) groups is 4. The van der Waals surface area contributed by atoms with Crippen LogP contribution < -0.4 is 0 Å². The molecule has 1 aromatic carbocycles. The van der Waals surface area contributed by atoms with Crippen LogP contribution in [0.2, 0.25) is 0 Å². The Bertz CT molecular complexity index is 1150. The van der Waals surface area contributed by atoms with Gasteiger partial charge in [0.1, 0.15) is 17.2 Å². The van der Waals surface area contributed by atoms with E-state index < -0.39 is 11.9 Å². The van der Waals surface area contributed by atoms with E-state index in [-0.39, 0.29) is 47.6 Å². The van der Waals surface area contributed by atoms with Crippen molar-refractivity contribution < 1.29 is 33.0 Å². The van der Waals surface area contributed by atoms with Crippen molar-refractivity contribution in [3.63, 3.8) is 0 Å². The van der Waals surface area contributed by atoms with Crippen LogP contribution in [0.25, 0.3) is 0 Å². The van der Waals surface area contributed by atoms with Crippen molar-refractivity contribution in [3.05, 3.63) is 64.7 Å². The molecule has 0 spiro atoms. The smallest absolute Gasteiger partial charge is 0.358 e. The Morgan fingerprint density at radius 2 is 1.65 bits per heavy atom. The highest BCUT2D eigenvalue weighted by Gasteiger charge is 2.19. The minimum atomic E-state index is -0.604. The first kappa shape index (κ1) is 26.3. The second kappa shape index (κ2) is 12.3. The zero-order valence-electron chi connectivity index (χ0n) is 19.5. The molecule has 9 nitrogen and oxygen atoms in total. The Kier molecular flexibility index (Phi) is 9.54. The summed E-state index contributed by atoms with van der Waals surface area (Å²) in [6, 6.07) is 7.57. The van der Waals surface area contributed by atoms with Crippen LogP contribution in [0.5, 0.6) is 0 Å². The summed E-state index contributed by atoms with van der Waals surface area (Å²) in [4.78, 5) is 49.2. The van der Waals surface area contributed by atoms with Crippen molar-refractivity contribution >= 4 is 29.2 Å². The first-order valence-corrected chi connectivity index (χ1v) is 10.6. The van der Waals surface area contributed by atoms with Gasteiger partial charge in [0.25, 0.3) is 0 Å². The normalized spacial score (nSPS) is 12.1. The largest absolute Gasteiger partial charge is 0.461 e. The first-order chi connectivity index (χ1) is 16.2. The Morgan fingerprint density at radius 1 is 1.00 bits per heavy atom. The minimum Gasteiger partial charge on any atom is -0.461 e. The molecule has 0 unspecified atom stereocenters. The van der Waals surface area contributed by atoms with Gasteiger partial charge < -0.3 is 9.47 Å². The number of Topliss-reactive ketones (excluding diaryl/α,β-unsaturated/α-hetero) is 2. The lowest BCUT2D eigenvalue weighted by Crippen LogP contribution is -2.13. The van der Waals surface area contributed by atoms with Gasteiger partial charge >= 0.3 is 11.9 Å². The van der Waals surface area contributed by atoms with Crippen LogP contribution in [-0.4, -0.2) is 58.8 Å². The molecule has 10 heteroatoms. The molecule has 2 heterocycles. The molecule has 1 aliphatic rings. The summed E-state index contributed by atoms with van der Waals surface area (Å²) in [7, 11) is 0. The van der Waals surface area contributed by atoms with E-state index in [0.717, 1.165) is 0 Å². The van der Waals surface area contributed by atoms with Crippen molar-refractivity contribution in [1.29, 1.82) is 0 Å². The van der Waals surface area contributed by atoms with E-state index in [0.29, 0.717) is 24.3 Å². The highest BCUT2D eigenvalue weighted by molar-refractivity contribution is 6.42. The molecule has 0 amide bonds. The molecule has 0 N–H and O–H groups in total. The van der Waals surface area contributed by atoms with Crippen molar-refractivity contribution in [2.24, 2.45) is 4.99 Å². The molecule has 3 rings (SSSR count). The summed E-state index contributed by atoms with van der Waals surface area (Å²) < 4.78 is 24.6. The monoisotopic (exact) mass is 471 g/mol. The molecule has 0 bridgehead atoms. The summed E-state index contributed by atoms with van der Waals surface area (Å²) in [5.41, 5.74) is 1.47. The fourth-order valence-corrected chi connectivity index (χ4v) is 2.88. The summed E-state index contributed by atoms with van der Waals surface area (Å²) in [6.45, 7) is 7.13. The number of esters is 2. The molecule has 1 aromatic heterocycles. The molecule has 34 heavy (non-hydrogen) atoms. The summed E-state index contributed by atoms with van der Waals surface area (Å²) >= 11 is 0. The number of aromatic nitrogens is 2. The molecule has 1 aliphatic heterocycles. The SMILES string of the molecule is CCOC(=O)C1=NCC(C(C)=O)=C1.CCOC(=O)c1cc(C(C)=O)n(Cc2ccccc2F)n1. The number of halogens is 1. The summed E-state index contributed by atoms with van der Waals surface area (Å²) in [5.74, 6) is -1.76. The predicted octanol–water partition coefficient (Wildman–Crippen LogP) is 2.97. The molecule has 0 saturated heterocycles. The van der Waals surface area contributed by atoms with Crippen molar-refractivity contribution in [3.8, 4) is 0 Å². The number of carbonyl (C=O) groups excluding carboxylic acids is 4. The molecule has 0 radical (unpaired) electrons. The Labute approximate surface area is 196 Å². The molecule has 0 aliphatic carbocycles. The van der Waals surface area contributed by atoms with Crippen molar-refractivity contribution in [2.75, 3.05) is 19.8 Å². The van der Waals surface area contributed by atoms with Gasteiger partial charge in [-0.2, -0.15) is 5.10 Å². The molecule has 0 saturated carbocycles. The Morgan fingerprint density at radius 3 is 2.21 bits per heavy atom. The first-order valence-electron chi connectivity index (χ1n) is 10.6. The van der Waals surface area contributed by atoms with E-state index in [4.69, 9.17) is 9.47 Å².